The van der Waals surface area contributed by atoms with Crippen LogP contribution in [0.25, 0.3) is 0 Å². The van der Waals surface area contributed by atoms with Gasteiger partial charge in [-0.15, -0.1) is 5.01 Å². The van der Waals surface area contributed by atoms with Gasteiger partial charge >= 0.3 is 6.03 Å². The molecule has 0 radical (unpaired) electrons. The summed E-state index contributed by atoms with van der Waals surface area (Å²) in [5.74, 6) is -0.229. The number of hydrogen-bond acceptors (Lipinski definition) is 4. The van der Waals surface area contributed by atoms with Gasteiger partial charge in [-0.25, -0.2) is 4.79 Å². The highest BCUT2D eigenvalue weighted by Crippen LogP contribution is 2.33. The molecule has 2 heterocycles. The highest BCUT2D eigenvalue weighted by Gasteiger charge is 2.51. The lowest BCUT2D eigenvalue weighted by Crippen LogP contribution is -2.48. The lowest BCUT2D eigenvalue weighted by atomic mass is 9.82. The summed E-state index contributed by atoms with van der Waals surface area (Å²) in [5.41, 5.74) is 1.88. The quantitative estimate of drug-likeness (QED) is 0.666. The number of hydrogen-bond donors (Lipinski definition) is 1. The number of rotatable bonds is 2. The van der Waals surface area contributed by atoms with Crippen LogP contribution in [0, 0.1) is 13.8 Å². The molecule has 7 nitrogen and oxygen atoms in total. The number of aromatic nitrogens is 2. The molecule has 1 aromatic heterocycles. The normalized spacial score (nSPS) is 21.1. The molecule has 2 fully saturated rings. The van der Waals surface area contributed by atoms with Crippen LogP contribution in [0.5, 0.6) is 0 Å². The van der Waals surface area contributed by atoms with Crippen LogP contribution in [-0.4, -0.2) is 38.5 Å². The molecule has 1 aromatic rings. The van der Waals surface area contributed by atoms with Crippen molar-refractivity contribution in [3.63, 3.8) is 0 Å². The van der Waals surface area contributed by atoms with Crippen LogP contribution in [0.2, 0.25) is 0 Å². The minimum atomic E-state index is -0.730. The molecule has 1 saturated carbocycles. The predicted molar refractivity (Wildman–Crippen MR) is 81.5 cm³/mol. The molecule has 0 aromatic carbocycles. The maximum Gasteiger partial charge on any atom is 0.346 e. The van der Waals surface area contributed by atoms with Crippen molar-refractivity contribution in [1.82, 2.24) is 20.1 Å². The Kier molecular flexibility index (Phi) is 3.50. The van der Waals surface area contributed by atoms with E-state index in [2.05, 4.69) is 15.5 Å². The van der Waals surface area contributed by atoms with Gasteiger partial charge in [-0.2, -0.15) is 10.2 Å². The third-order valence-corrected chi connectivity index (χ3v) is 4.71. The average molecular weight is 303 g/mol. The van der Waals surface area contributed by atoms with Crippen molar-refractivity contribution in [3.05, 3.63) is 17.0 Å². The molecule has 7 heteroatoms. The van der Waals surface area contributed by atoms with E-state index in [0.29, 0.717) is 12.8 Å². The smallest absolute Gasteiger partial charge is 0.321 e. The fourth-order valence-electron chi connectivity index (χ4n) is 3.30. The summed E-state index contributed by atoms with van der Waals surface area (Å²) in [6, 6.07) is -0.428. The molecule has 3 rings (SSSR count). The number of carbonyl (C=O) groups is 2. The lowest BCUT2D eigenvalue weighted by Gasteiger charge is -2.29. The highest BCUT2D eigenvalue weighted by molar-refractivity contribution is 6.07. The van der Waals surface area contributed by atoms with Gasteiger partial charge in [-0.3, -0.25) is 9.48 Å². The monoisotopic (exact) mass is 303 g/mol. The van der Waals surface area contributed by atoms with E-state index in [0.717, 1.165) is 41.2 Å². The van der Waals surface area contributed by atoms with Gasteiger partial charge in [0.15, 0.2) is 0 Å². The van der Waals surface area contributed by atoms with Gasteiger partial charge in [0, 0.05) is 18.3 Å². The van der Waals surface area contributed by atoms with E-state index in [1.54, 1.807) is 10.9 Å². The van der Waals surface area contributed by atoms with Gasteiger partial charge in [-0.1, -0.05) is 19.3 Å². The van der Waals surface area contributed by atoms with Crippen molar-refractivity contribution in [3.8, 4) is 0 Å². The number of imide groups is 1. The molecule has 22 heavy (non-hydrogen) atoms. The van der Waals surface area contributed by atoms with Crippen LogP contribution in [0.4, 0.5) is 4.79 Å². The zero-order chi connectivity index (χ0) is 15.9. The summed E-state index contributed by atoms with van der Waals surface area (Å²) in [7, 11) is 1.85. The molecule has 3 amide bonds. The van der Waals surface area contributed by atoms with Gasteiger partial charge in [0.1, 0.15) is 5.54 Å². The van der Waals surface area contributed by atoms with Crippen molar-refractivity contribution in [1.29, 1.82) is 0 Å². The van der Waals surface area contributed by atoms with E-state index in [4.69, 9.17) is 0 Å². The fourth-order valence-corrected chi connectivity index (χ4v) is 3.30. The molecule has 0 bridgehead atoms. The van der Waals surface area contributed by atoms with Gasteiger partial charge < -0.3 is 5.32 Å². The number of aryl methyl sites for hydroxylation is 2. The maximum atomic E-state index is 12.6. The van der Waals surface area contributed by atoms with Gasteiger partial charge in [-0.05, 0) is 26.7 Å². The Morgan fingerprint density at radius 2 is 1.91 bits per heavy atom. The molecular formula is C15H21N5O2. The molecular weight excluding hydrogens is 282 g/mol. The molecule has 1 N–H and O–H groups in total. The van der Waals surface area contributed by atoms with E-state index in [9.17, 15) is 9.59 Å². The summed E-state index contributed by atoms with van der Waals surface area (Å²) in [4.78, 5) is 24.7. The average Bonchev–Trinajstić information content (AvgIpc) is 2.85. The first-order valence-electron chi connectivity index (χ1n) is 7.65. The Bertz CT molecular complexity index is 655. The Morgan fingerprint density at radius 3 is 2.50 bits per heavy atom. The van der Waals surface area contributed by atoms with Crippen molar-refractivity contribution >= 4 is 18.2 Å². The number of urea groups is 1. The van der Waals surface area contributed by atoms with Gasteiger partial charge in [0.25, 0.3) is 5.91 Å². The lowest BCUT2D eigenvalue weighted by molar-refractivity contribution is -0.132. The highest BCUT2D eigenvalue weighted by atomic mass is 16.2. The molecule has 1 aliphatic carbocycles. The van der Waals surface area contributed by atoms with Crippen LogP contribution in [-0.2, 0) is 11.8 Å². The maximum absolute atomic E-state index is 12.6. The van der Waals surface area contributed by atoms with E-state index in [1.807, 2.05) is 20.9 Å². The van der Waals surface area contributed by atoms with E-state index in [-0.39, 0.29) is 5.91 Å². The predicted octanol–water partition coefficient (Wildman–Crippen LogP) is 1.63. The minimum absolute atomic E-state index is 0.229. The van der Waals surface area contributed by atoms with E-state index < -0.39 is 11.6 Å². The summed E-state index contributed by atoms with van der Waals surface area (Å²) < 4.78 is 1.76. The van der Waals surface area contributed by atoms with Gasteiger partial charge in [0.2, 0.25) is 0 Å². The molecule has 0 atom stereocenters. The number of hydrazone groups is 1. The van der Waals surface area contributed by atoms with Crippen LogP contribution in [0.15, 0.2) is 5.10 Å². The summed E-state index contributed by atoms with van der Waals surface area (Å²) in [6.45, 7) is 3.80. The second-order valence-corrected chi connectivity index (χ2v) is 6.14. The first-order valence-corrected chi connectivity index (χ1v) is 7.65. The molecule has 0 unspecified atom stereocenters. The molecule has 1 spiro atoms. The van der Waals surface area contributed by atoms with Crippen LogP contribution >= 0.6 is 0 Å². The first kappa shape index (κ1) is 14.7. The zero-order valence-electron chi connectivity index (χ0n) is 13.2. The van der Waals surface area contributed by atoms with Crippen molar-refractivity contribution in [2.75, 3.05) is 0 Å². The second kappa shape index (κ2) is 5.23. The number of nitrogens with one attached hydrogen (secondary N) is 1. The van der Waals surface area contributed by atoms with Crippen molar-refractivity contribution in [2.24, 2.45) is 12.1 Å². The topological polar surface area (TPSA) is 79.6 Å². The first-order chi connectivity index (χ1) is 10.4. The molecule has 1 aliphatic heterocycles. The fraction of sp³-hybridized carbons (Fsp3) is 0.600. The van der Waals surface area contributed by atoms with E-state index in [1.165, 1.54) is 0 Å². The van der Waals surface area contributed by atoms with Crippen LogP contribution in [0.1, 0.15) is 49.1 Å². The summed E-state index contributed by atoms with van der Waals surface area (Å²) in [6.07, 6.45) is 6.00. The Balaban J connectivity index is 1.84. The number of carbonyl (C=O) groups excluding carboxylic acids is 2. The third-order valence-electron chi connectivity index (χ3n) is 4.71. The SMILES string of the molecule is Cc1nn(C)c(C)c1C=NN1C(=O)NC2(CCCCC2)C1=O. The number of amides is 3. The van der Waals surface area contributed by atoms with Crippen LogP contribution < -0.4 is 5.32 Å². The Morgan fingerprint density at radius 1 is 1.23 bits per heavy atom. The Labute approximate surface area is 129 Å². The number of nitrogens with zero attached hydrogens (tertiary/aromatic N) is 4. The molecule has 2 aliphatic rings. The van der Waals surface area contributed by atoms with Gasteiger partial charge in [0.05, 0.1) is 11.9 Å². The largest absolute Gasteiger partial charge is 0.346 e. The Hall–Kier alpha value is -2.18. The molecule has 118 valence electrons. The zero-order valence-corrected chi connectivity index (χ0v) is 13.2. The molecule has 1 saturated heterocycles. The minimum Gasteiger partial charge on any atom is -0.321 e. The van der Waals surface area contributed by atoms with E-state index >= 15 is 0 Å². The van der Waals surface area contributed by atoms with Crippen molar-refractivity contribution < 1.29 is 9.59 Å². The van der Waals surface area contributed by atoms with Crippen LogP contribution in [0.3, 0.4) is 0 Å². The van der Waals surface area contributed by atoms with Crippen molar-refractivity contribution in [2.45, 2.75) is 51.5 Å². The summed E-state index contributed by atoms with van der Waals surface area (Å²) >= 11 is 0. The third kappa shape index (κ3) is 2.20. The second-order valence-electron chi connectivity index (χ2n) is 6.14. The summed E-state index contributed by atoms with van der Waals surface area (Å²) in [5, 5.41) is 12.2. The standard InChI is InChI=1S/C15H21N5O2/c1-10-12(11(2)19(3)18-10)9-16-20-13(21)15(17-14(20)22)7-5-4-6-8-15/h9H,4-8H2,1-3H3,(H,17,22).